The largest absolute Gasteiger partial charge is 0.467 e. The molecule has 3 heterocycles. The third kappa shape index (κ3) is 6.96. The van der Waals surface area contributed by atoms with Crippen LogP contribution in [0.4, 0.5) is 5.82 Å². The van der Waals surface area contributed by atoms with E-state index >= 15 is 0 Å². The van der Waals surface area contributed by atoms with Crippen LogP contribution < -0.4 is 5.73 Å². The SMILES string of the molecule is COC(=O)COC(c1ccc(Cl)cc1)C1CCN(C(=O)C2CCN(Cc3ccnc(N)c3)CC2)CC1. The Kier molecular flexibility index (Phi) is 9.18. The molecule has 1 unspecified atom stereocenters. The molecule has 2 aliphatic heterocycles. The maximum Gasteiger partial charge on any atom is 0.331 e. The van der Waals surface area contributed by atoms with Crippen molar-refractivity contribution in [2.75, 3.05) is 45.6 Å². The number of aromatic nitrogens is 1. The number of nitrogen functional groups attached to an aromatic ring is 1. The van der Waals surface area contributed by atoms with Crippen LogP contribution in [0.5, 0.6) is 0 Å². The molecule has 2 aromatic rings. The Hall–Kier alpha value is -2.68. The van der Waals surface area contributed by atoms with Crippen molar-refractivity contribution >= 4 is 29.3 Å². The van der Waals surface area contributed by atoms with Gasteiger partial charge in [0.2, 0.25) is 5.91 Å². The number of piperidine rings is 2. The summed E-state index contributed by atoms with van der Waals surface area (Å²) in [7, 11) is 1.35. The van der Waals surface area contributed by atoms with Crippen molar-refractivity contribution in [3.05, 3.63) is 58.7 Å². The van der Waals surface area contributed by atoms with E-state index in [4.69, 9.17) is 26.8 Å². The van der Waals surface area contributed by atoms with Crippen LogP contribution in [0.15, 0.2) is 42.6 Å². The Balaban J connectivity index is 1.28. The first kappa shape index (κ1) is 26.4. The fraction of sp³-hybridized carbons (Fsp3) is 0.519. The van der Waals surface area contributed by atoms with E-state index in [9.17, 15) is 9.59 Å². The van der Waals surface area contributed by atoms with Crippen molar-refractivity contribution in [3.8, 4) is 0 Å². The van der Waals surface area contributed by atoms with Gasteiger partial charge >= 0.3 is 5.97 Å². The number of anilines is 1. The number of nitrogens with zero attached hydrogens (tertiary/aromatic N) is 3. The summed E-state index contributed by atoms with van der Waals surface area (Å²) in [6, 6.07) is 11.4. The highest BCUT2D eigenvalue weighted by atomic mass is 35.5. The number of halogens is 1. The number of nitrogens with two attached hydrogens (primary N) is 1. The number of ether oxygens (including phenoxy) is 2. The lowest BCUT2D eigenvalue weighted by Crippen LogP contribution is -2.46. The Morgan fingerprint density at radius 3 is 2.42 bits per heavy atom. The minimum absolute atomic E-state index is 0.0722. The van der Waals surface area contributed by atoms with Gasteiger partial charge in [-0.15, -0.1) is 0 Å². The molecule has 4 rings (SSSR count). The Bertz CT molecular complexity index is 1020. The quantitative estimate of drug-likeness (QED) is 0.536. The lowest BCUT2D eigenvalue weighted by molar-refractivity contribution is -0.150. The zero-order valence-corrected chi connectivity index (χ0v) is 21.5. The maximum atomic E-state index is 13.3. The normalized spacial score (nSPS) is 18.7. The highest BCUT2D eigenvalue weighted by Gasteiger charge is 2.34. The first-order valence-electron chi connectivity index (χ1n) is 12.6. The maximum absolute atomic E-state index is 13.3. The van der Waals surface area contributed by atoms with Gasteiger partial charge < -0.3 is 20.1 Å². The first-order valence-corrected chi connectivity index (χ1v) is 13.0. The minimum atomic E-state index is -0.402. The van der Waals surface area contributed by atoms with Crippen LogP contribution in [0, 0.1) is 11.8 Å². The molecular formula is C27H35ClN4O4. The molecule has 2 aliphatic rings. The molecule has 1 amide bonds. The molecule has 0 bridgehead atoms. The average molecular weight is 515 g/mol. The number of hydrogen-bond acceptors (Lipinski definition) is 7. The van der Waals surface area contributed by atoms with Gasteiger partial charge in [0.05, 0.1) is 13.2 Å². The number of methoxy groups -OCH3 is 1. The molecule has 0 spiro atoms. The molecule has 2 fully saturated rings. The van der Waals surface area contributed by atoms with E-state index in [2.05, 4.69) is 9.88 Å². The number of carbonyl (C=O) groups is 2. The van der Waals surface area contributed by atoms with Gasteiger partial charge in [0.15, 0.2) is 0 Å². The summed E-state index contributed by atoms with van der Waals surface area (Å²) in [5.41, 5.74) is 7.93. The molecule has 0 radical (unpaired) electrons. The van der Waals surface area contributed by atoms with Crippen LogP contribution in [-0.2, 0) is 25.6 Å². The van der Waals surface area contributed by atoms with Crippen LogP contribution >= 0.6 is 11.6 Å². The number of esters is 1. The minimum Gasteiger partial charge on any atom is -0.467 e. The third-order valence-corrected chi connectivity index (χ3v) is 7.53. The van der Waals surface area contributed by atoms with Crippen molar-refractivity contribution in [1.82, 2.24) is 14.8 Å². The van der Waals surface area contributed by atoms with Crippen molar-refractivity contribution in [3.63, 3.8) is 0 Å². The molecule has 2 N–H and O–H groups in total. The van der Waals surface area contributed by atoms with Gasteiger partial charge in [0.1, 0.15) is 12.4 Å². The van der Waals surface area contributed by atoms with E-state index in [1.807, 2.05) is 41.3 Å². The predicted octanol–water partition coefficient (Wildman–Crippen LogP) is 3.70. The average Bonchev–Trinajstić information content (AvgIpc) is 2.90. The molecular weight excluding hydrogens is 480 g/mol. The Labute approximate surface area is 217 Å². The van der Waals surface area contributed by atoms with Crippen molar-refractivity contribution in [1.29, 1.82) is 0 Å². The topological polar surface area (TPSA) is 98.0 Å². The second-order valence-electron chi connectivity index (χ2n) is 9.66. The summed E-state index contributed by atoms with van der Waals surface area (Å²) in [6.45, 7) is 3.92. The van der Waals surface area contributed by atoms with Gasteiger partial charge in [-0.1, -0.05) is 23.7 Å². The number of hydrogen-bond donors (Lipinski definition) is 1. The zero-order valence-electron chi connectivity index (χ0n) is 20.8. The summed E-state index contributed by atoms with van der Waals surface area (Å²) in [4.78, 5) is 33.4. The number of carbonyl (C=O) groups excluding carboxylic acids is 2. The van der Waals surface area contributed by atoms with Gasteiger partial charge in [-0.05, 0) is 80.1 Å². The van der Waals surface area contributed by atoms with Crippen molar-refractivity contribution in [2.24, 2.45) is 11.8 Å². The molecule has 36 heavy (non-hydrogen) atoms. The smallest absolute Gasteiger partial charge is 0.331 e. The van der Waals surface area contributed by atoms with Gasteiger partial charge in [-0.25, -0.2) is 9.78 Å². The second-order valence-corrected chi connectivity index (χ2v) is 10.1. The molecule has 1 atom stereocenters. The van der Waals surface area contributed by atoms with Gasteiger partial charge in [-0.3, -0.25) is 9.69 Å². The van der Waals surface area contributed by atoms with Crippen LogP contribution in [0.25, 0.3) is 0 Å². The first-order chi connectivity index (χ1) is 17.4. The second kappa shape index (κ2) is 12.5. The molecule has 8 nitrogen and oxygen atoms in total. The zero-order chi connectivity index (χ0) is 25.5. The highest BCUT2D eigenvalue weighted by Crippen LogP contribution is 2.35. The number of amides is 1. The summed E-state index contributed by atoms with van der Waals surface area (Å²) >= 11 is 6.07. The van der Waals surface area contributed by atoms with Crippen molar-refractivity contribution in [2.45, 2.75) is 38.3 Å². The standard InChI is InChI=1S/C27H35ClN4O4/c1-35-25(33)18-36-26(20-2-4-23(28)5-3-20)21-9-14-32(15-10-21)27(34)22-7-12-31(13-8-22)17-19-6-11-30-24(29)16-19/h2-6,11,16,21-22,26H,7-10,12-15,17-18H2,1H3,(H2,29,30). The molecule has 0 saturated carbocycles. The number of rotatable bonds is 8. The van der Waals surface area contributed by atoms with E-state index in [0.29, 0.717) is 23.9 Å². The van der Waals surface area contributed by atoms with E-state index in [0.717, 1.165) is 56.4 Å². The molecule has 1 aromatic carbocycles. The lowest BCUT2D eigenvalue weighted by Gasteiger charge is -2.39. The molecule has 194 valence electrons. The van der Waals surface area contributed by atoms with Crippen molar-refractivity contribution < 1.29 is 19.1 Å². The molecule has 9 heteroatoms. The summed E-state index contributed by atoms with van der Waals surface area (Å²) in [5, 5.41) is 0.654. The number of likely N-dealkylation sites (tertiary alicyclic amines) is 2. The van der Waals surface area contributed by atoms with Gasteiger partial charge in [0, 0.05) is 36.8 Å². The van der Waals surface area contributed by atoms with Gasteiger partial charge in [-0.2, -0.15) is 0 Å². The van der Waals surface area contributed by atoms with Gasteiger partial charge in [0.25, 0.3) is 0 Å². The van der Waals surface area contributed by atoms with Crippen LogP contribution in [0.3, 0.4) is 0 Å². The van der Waals surface area contributed by atoms with E-state index in [-0.39, 0.29) is 30.5 Å². The molecule has 0 aliphatic carbocycles. The number of pyridine rings is 1. The third-order valence-electron chi connectivity index (χ3n) is 7.27. The molecule has 2 saturated heterocycles. The Morgan fingerprint density at radius 2 is 1.78 bits per heavy atom. The van der Waals surface area contributed by atoms with Crippen LogP contribution in [0.1, 0.15) is 42.9 Å². The van der Waals surface area contributed by atoms with Crippen LogP contribution in [0.2, 0.25) is 5.02 Å². The predicted molar refractivity (Wildman–Crippen MR) is 138 cm³/mol. The monoisotopic (exact) mass is 514 g/mol. The molecule has 1 aromatic heterocycles. The highest BCUT2D eigenvalue weighted by molar-refractivity contribution is 6.30. The van der Waals surface area contributed by atoms with E-state index < -0.39 is 5.97 Å². The summed E-state index contributed by atoms with van der Waals surface area (Å²) in [5.74, 6) is 0.674. The van der Waals surface area contributed by atoms with Crippen LogP contribution in [-0.4, -0.2) is 66.6 Å². The summed E-state index contributed by atoms with van der Waals surface area (Å²) < 4.78 is 10.8. The van der Waals surface area contributed by atoms with E-state index in [1.54, 1.807) is 6.20 Å². The Morgan fingerprint density at radius 1 is 1.08 bits per heavy atom. The fourth-order valence-electron chi connectivity index (χ4n) is 5.24. The summed E-state index contributed by atoms with van der Waals surface area (Å²) in [6.07, 6.45) is 4.88. The number of benzene rings is 1. The lowest BCUT2D eigenvalue weighted by atomic mass is 9.86. The van der Waals surface area contributed by atoms with E-state index in [1.165, 1.54) is 7.11 Å². The fourth-order valence-corrected chi connectivity index (χ4v) is 5.37.